The highest BCUT2D eigenvalue weighted by Gasteiger charge is 2.26. The zero-order chi connectivity index (χ0) is 14.0. The van der Waals surface area contributed by atoms with Crippen LogP contribution < -0.4 is 0 Å². The van der Waals surface area contributed by atoms with Gasteiger partial charge in [-0.05, 0) is 45.4 Å². The number of halogens is 1. The summed E-state index contributed by atoms with van der Waals surface area (Å²) in [6, 6.07) is 2.55. The molecule has 1 aromatic rings. The van der Waals surface area contributed by atoms with Crippen molar-refractivity contribution in [1.29, 1.82) is 0 Å². The first-order valence-electron chi connectivity index (χ1n) is 6.88. The number of aryl methyl sites for hydroxylation is 1. The molecule has 0 bridgehead atoms. The summed E-state index contributed by atoms with van der Waals surface area (Å²) in [7, 11) is 0. The highest BCUT2D eigenvalue weighted by Crippen LogP contribution is 2.36. The summed E-state index contributed by atoms with van der Waals surface area (Å²) in [5.41, 5.74) is 3.09. The fraction of sp³-hybridized carbons (Fsp3) is 0.667. The molecule has 0 amide bonds. The normalized spacial score (nSPS) is 23.6. The summed E-state index contributed by atoms with van der Waals surface area (Å²) in [6.07, 6.45) is 7.25. The molecule has 4 heteroatoms. The minimum atomic E-state index is 0.0400. The Morgan fingerprint density at radius 1 is 1.47 bits per heavy atom. The average molecular weight is 300 g/mol. The van der Waals surface area contributed by atoms with Gasteiger partial charge < -0.3 is 4.57 Å². The van der Waals surface area contributed by atoms with Gasteiger partial charge in [-0.3, -0.25) is 4.79 Å². The van der Waals surface area contributed by atoms with Crippen LogP contribution in [-0.4, -0.2) is 27.7 Å². The minimum absolute atomic E-state index is 0.0400. The number of hydrogen-bond donors (Lipinski definition) is 0. The van der Waals surface area contributed by atoms with Crippen LogP contribution in [-0.2, 0) is 0 Å². The second kappa shape index (κ2) is 6.36. The molecule has 1 fully saturated rings. The number of ketones is 1. The number of hydrogen-bond acceptors (Lipinski definition) is 2. The van der Waals surface area contributed by atoms with Crippen molar-refractivity contribution in [3.8, 4) is 0 Å². The summed E-state index contributed by atoms with van der Waals surface area (Å²) in [4.78, 5) is 11.9. The molecule has 0 radical (unpaired) electrons. The number of alkyl halides is 1. The van der Waals surface area contributed by atoms with Crippen molar-refractivity contribution in [2.24, 2.45) is 0 Å². The van der Waals surface area contributed by atoms with Gasteiger partial charge in [0.25, 0.3) is 0 Å². The predicted octanol–water partition coefficient (Wildman–Crippen LogP) is 4.37. The lowest BCUT2D eigenvalue weighted by Gasteiger charge is -2.31. The van der Waals surface area contributed by atoms with E-state index < -0.39 is 0 Å². The van der Waals surface area contributed by atoms with Crippen molar-refractivity contribution in [3.63, 3.8) is 0 Å². The zero-order valence-corrected chi connectivity index (χ0v) is 13.5. The number of Topliss-reactive ketones (excluding diaryl/α,β-unsaturated/α-hetero) is 1. The number of carbonyl (C=O) groups is 1. The molecule has 0 N–H and O–H groups in total. The fourth-order valence-corrected chi connectivity index (χ4v) is 4.22. The van der Waals surface area contributed by atoms with E-state index in [1.807, 2.05) is 17.8 Å². The van der Waals surface area contributed by atoms with Crippen LogP contribution in [0.5, 0.6) is 0 Å². The van der Waals surface area contributed by atoms with Gasteiger partial charge in [0.05, 0.1) is 5.88 Å². The molecule has 0 aliphatic heterocycles. The maximum atomic E-state index is 11.9. The molecule has 0 aromatic carbocycles. The molecule has 2 atom stereocenters. The largest absolute Gasteiger partial charge is 0.345 e. The van der Waals surface area contributed by atoms with Gasteiger partial charge in [0, 0.05) is 28.2 Å². The SMILES string of the molecule is CSC1CCCC(n2c(C)cc(C(=O)CCl)c2C)C1. The Bertz CT molecular complexity index is 469. The van der Waals surface area contributed by atoms with Crippen LogP contribution in [0.3, 0.4) is 0 Å². The van der Waals surface area contributed by atoms with Crippen LogP contribution in [0.2, 0.25) is 0 Å². The molecule has 1 aliphatic rings. The van der Waals surface area contributed by atoms with E-state index in [9.17, 15) is 4.79 Å². The topological polar surface area (TPSA) is 22.0 Å². The Morgan fingerprint density at radius 2 is 2.21 bits per heavy atom. The summed E-state index contributed by atoms with van der Waals surface area (Å²) >= 11 is 7.66. The highest BCUT2D eigenvalue weighted by molar-refractivity contribution is 7.99. The maximum absolute atomic E-state index is 11.9. The van der Waals surface area contributed by atoms with Crippen molar-refractivity contribution < 1.29 is 4.79 Å². The average Bonchev–Trinajstić information content (AvgIpc) is 2.73. The zero-order valence-electron chi connectivity index (χ0n) is 11.9. The molecule has 2 nitrogen and oxygen atoms in total. The highest BCUT2D eigenvalue weighted by atomic mass is 35.5. The van der Waals surface area contributed by atoms with Crippen LogP contribution in [0.4, 0.5) is 0 Å². The Hall–Kier alpha value is -0.410. The first kappa shape index (κ1) is 15.0. The van der Waals surface area contributed by atoms with Crippen LogP contribution >= 0.6 is 23.4 Å². The molecule has 2 unspecified atom stereocenters. The lowest BCUT2D eigenvalue weighted by molar-refractivity contribution is 0.102. The van der Waals surface area contributed by atoms with E-state index in [1.165, 1.54) is 31.4 Å². The summed E-state index contributed by atoms with van der Waals surface area (Å²) in [5.74, 6) is 0.112. The third kappa shape index (κ3) is 3.03. The van der Waals surface area contributed by atoms with E-state index in [0.717, 1.165) is 16.5 Å². The van der Waals surface area contributed by atoms with Crippen molar-refractivity contribution >= 4 is 29.1 Å². The Kier molecular flexibility index (Phi) is 5.02. The summed E-state index contributed by atoms with van der Waals surface area (Å²) in [6.45, 7) is 4.15. The Morgan fingerprint density at radius 3 is 2.84 bits per heavy atom. The Balaban J connectivity index is 2.29. The van der Waals surface area contributed by atoms with E-state index in [2.05, 4.69) is 24.7 Å². The third-order valence-electron chi connectivity index (χ3n) is 4.20. The minimum Gasteiger partial charge on any atom is -0.345 e. The summed E-state index contributed by atoms with van der Waals surface area (Å²) < 4.78 is 2.36. The molecule has 0 spiro atoms. The molecular formula is C15H22ClNOS. The van der Waals surface area contributed by atoms with Crippen molar-refractivity contribution in [2.45, 2.75) is 50.8 Å². The van der Waals surface area contributed by atoms with Crippen LogP contribution in [0.1, 0.15) is 53.5 Å². The molecule has 0 saturated heterocycles. The van der Waals surface area contributed by atoms with Crippen molar-refractivity contribution in [2.75, 3.05) is 12.1 Å². The van der Waals surface area contributed by atoms with Crippen LogP contribution in [0, 0.1) is 13.8 Å². The van der Waals surface area contributed by atoms with Crippen LogP contribution in [0.25, 0.3) is 0 Å². The number of nitrogens with zero attached hydrogens (tertiary/aromatic N) is 1. The number of carbonyl (C=O) groups excluding carboxylic acids is 1. The second-order valence-electron chi connectivity index (χ2n) is 5.39. The van der Waals surface area contributed by atoms with Gasteiger partial charge in [-0.1, -0.05) is 6.42 Å². The van der Waals surface area contributed by atoms with E-state index >= 15 is 0 Å². The van der Waals surface area contributed by atoms with E-state index in [1.54, 1.807) is 0 Å². The standard InChI is InChI=1S/C15H22ClNOS/c1-10-7-14(15(18)9-16)11(2)17(10)12-5-4-6-13(8-12)19-3/h7,12-13H,4-6,8-9H2,1-3H3. The van der Waals surface area contributed by atoms with Gasteiger partial charge in [0.1, 0.15) is 0 Å². The molecule has 1 saturated carbocycles. The van der Waals surface area contributed by atoms with Gasteiger partial charge in [0.15, 0.2) is 5.78 Å². The maximum Gasteiger partial charge on any atom is 0.179 e. The van der Waals surface area contributed by atoms with Gasteiger partial charge in [-0.25, -0.2) is 0 Å². The van der Waals surface area contributed by atoms with Gasteiger partial charge in [-0.2, -0.15) is 11.8 Å². The van der Waals surface area contributed by atoms with Crippen molar-refractivity contribution in [1.82, 2.24) is 4.57 Å². The molecule has 19 heavy (non-hydrogen) atoms. The first-order chi connectivity index (χ1) is 9.08. The van der Waals surface area contributed by atoms with E-state index in [0.29, 0.717) is 6.04 Å². The van der Waals surface area contributed by atoms with Gasteiger partial charge in [0.2, 0.25) is 0 Å². The first-order valence-corrected chi connectivity index (χ1v) is 8.71. The van der Waals surface area contributed by atoms with E-state index in [-0.39, 0.29) is 11.7 Å². The second-order valence-corrected chi connectivity index (χ2v) is 6.80. The summed E-state index contributed by atoms with van der Waals surface area (Å²) in [5, 5.41) is 0.757. The Labute approximate surface area is 124 Å². The lowest BCUT2D eigenvalue weighted by Crippen LogP contribution is -2.22. The van der Waals surface area contributed by atoms with Gasteiger partial charge in [-0.15, -0.1) is 11.6 Å². The molecule has 1 aliphatic carbocycles. The van der Waals surface area contributed by atoms with Crippen LogP contribution in [0.15, 0.2) is 6.07 Å². The lowest BCUT2D eigenvalue weighted by atomic mass is 9.94. The van der Waals surface area contributed by atoms with E-state index in [4.69, 9.17) is 11.6 Å². The van der Waals surface area contributed by atoms with Gasteiger partial charge >= 0.3 is 0 Å². The number of rotatable bonds is 4. The number of aromatic nitrogens is 1. The smallest absolute Gasteiger partial charge is 0.179 e. The number of thioether (sulfide) groups is 1. The molecule has 1 heterocycles. The molecule has 2 rings (SSSR count). The molecule has 1 aromatic heterocycles. The third-order valence-corrected chi connectivity index (χ3v) is 5.54. The van der Waals surface area contributed by atoms with Crippen molar-refractivity contribution in [3.05, 3.63) is 23.0 Å². The predicted molar refractivity (Wildman–Crippen MR) is 83.8 cm³/mol. The molecular weight excluding hydrogens is 278 g/mol. The molecule has 106 valence electrons. The fourth-order valence-electron chi connectivity index (χ4n) is 3.26. The quantitative estimate of drug-likeness (QED) is 0.608. The monoisotopic (exact) mass is 299 g/mol.